The van der Waals surface area contributed by atoms with E-state index in [1.54, 1.807) is 0 Å². The van der Waals surface area contributed by atoms with Crippen molar-refractivity contribution < 1.29 is 8.78 Å². The summed E-state index contributed by atoms with van der Waals surface area (Å²) < 4.78 is 29.9. The van der Waals surface area contributed by atoms with Crippen molar-refractivity contribution >= 4 is 23.4 Å². The predicted octanol–water partition coefficient (Wildman–Crippen LogP) is 4.45. The highest BCUT2D eigenvalue weighted by molar-refractivity contribution is 6.30. The van der Waals surface area contributed by atoms with Gasteiger partial charge in [0.05, 0.1) is 12.2 Å². The monoisotopic (exact) mass is 511 g/mol. The van der Waals surface area contributed by atoms with Gasteiger partial charge in [-0.25, -0.2) is 13.8 Å². The topological polar surface area (TPSA) is 53.3 Å². The quantitative estimate of drug-likeness (QED) is 0.518. The summed E-state index contributed by atoms with van der Waals surface area (Å²) in [6, 6.07) is 9.97. The summed E-state index contributed by atoms with van der Waals surface area (Å²) in [6.45, 7) is 8.80. The van der Waals surface area contributed by atoms with Gasteiger partial charge in [-0.1, -0.05) is 11.6 Å². The Morgan fingerprint density at radius 3 is 2.42 bits per heavy atom. The molecule has 188 valence electrons. The first-order valence-electron chi connectivity index (χ1n) is 12.4. The van der Waals surface area contributed by atoms with Crippen LogP contribution in [0.2, 0.25) is 5.02 Å². The molecule has 7 nitrogen and oxygen atoms in total. The zero-order valence-electron chi connectivity index (χ0n) is 20.4. The molecule has 1 spiro atoms. The molecule has 1 saturated carbocycles. The fourth-order valence-corrected chi connectivity index (χ4v) is 6.78. The largest absolute Gasteiger partial charge is 0.355 e. The molecular weight excluding hydrogens is 484 g/mol. The van der Waals surface area contributed by atoms with Gasteiger partial charge in [0, 0.05) is 67.7 Å². The van der Waals surface area contributed by atoms with Crippen molar-refractivity contribution in [3.63, 3.8) is 0 Å². The maximum atomic E-state index is 13.9. The van der Waals surface area contributed by atoms with Crippen LogP contribution < -0.4 is 9.80 Å². The number of halogens is 3. The second-order valence-corrected chi connectivity index (χ2v) is 11.9. The van der Waals surface area contributed by atoms with E-state index in [4.69, 9.17) is 11.6 Å². The Kier molecular flexibility index (Phi) is 4.60. The highest BCUT2D eigenvalue weighted by Gasteiger charge is 2.57. The number of alkyl halides is 2. The molecule has 0 radical (unpaired) electrons. The van der Waals surface area contributed by atoms with E-state index in [1.807, 2.05) is 37.4 Å². The molecule has 7 rings (SSSR count). The third-order valence-electron chi connectivity index (χ3n) is 8.34. The van der Waals surface area contributed by atoms with Gasteiger partial charge in [-0.3, -0.25) is 9.47 Å². The van der Waals surface area contributed by atoms with E-state index >= 15 is 0 Å². The Labute approximate surface area is 213 Å². The number of aryl methyl sites for hydroxylation is 1. The maximum absolute atomic E-state index is 13.9. The summed E-state index contributed by atoms with van der Waals surface area (Å²) in [5, 5.41) is 9.78. The van der Waals surface area contributed by atoms with Crippen LogP contribution in [0.15, 0.2) is 36.5 Å². The number of nitrogens with zero attached hydrogens (tertiary/aromatic N) is 7. The summed E-state index contributed by atoms with van der Waals surface area (Å²) in [6.07, 6.45) is 1.59. The zero-order valence-corrected chi connectivity index (χ0v) is 21.1. The highest BCUT2D eigenvalue weighted by atomic mass is 35.5. The minimum atomic E-state index is -2.60. The smallest absolute Gasteiger partial charge is 0.251 e. The van der Waals surface area contributed by atoms with Crippen molar-refractivity contribution in [3.8, 4) is 5.69 Å². The number of anilines is 2. The molecule has 1 aromatic carbocycles. The van der Waals surface area contributed by atoms with Gasteiger partial charge in [0.1, 0.15) is 5.82 Å². The van der Waals surface area contributed by atoms with Crippen molar-refractivity contribution in [1.29, 1.82) is 0 Å². The lowest BCUT2D eigenvalue weighted by atomic mass is 9.73. The minimum Gasteiger partial charge on any atom is -0.355 e. The van der Waals surface area contributed by atoms with E-state index in [9.17, 15) is 8.78 Å². The van der Waals surface area contributed by atoms with Gasteiger partial charge in [0.25, 0.3) is 5.92 Å². The summed E-state index contributed by atoms with van der Waals surface area (Å²) in [5.41, 5.74) is 2.86. The number of hydrogen-bond donors (Lipinski definition) is 0. The third kappa shape index (κ3) is 3.43. The fraction of sp³-hybridized carbons (Fsp3) is 0.500. The molecule has 2 saturated heterocycles. The Bertz CT molecular complexity index is 1350. The first-order valence-corrected chi connectivity index (χ1v) is 12.8. The Morgan fingerprint density at radius 1 is 0.944 bits per heavy atom. The average Bonchev–Trinajstić information content (AvgIpc) is 3.05. The van der Waals surface area contributed by atoms with Crippen LogP contribution in [-0.2, 0) is 13.1 Å². The van der Waals surface area contributed by atoms with Crippen LogP contribution in [-0.4, -0.2) is 62.3 Å². The molecule has 3 aromatic rings. The molecule has 3 aliphatic heterocycles. The van der Waals surface area contributed by atoms with E-state index in [1.165, 1.54) is 5.56 Å². The van der Waals surface area contributed by atoms with Gasteiger partial charge in [0.15, 0.2) is 5.82 Å². The molecular formula is C26H28ClF2N7. The number of aromatic nitrogens is 4. The molecule has 36 heavy (non-hydrogen) atoms. The summed E-state index contributed by atoms with van der Waals surface area (Å²) in [4.78, 5) is 11.3. The van der Waals surface area contributed by atoms with Gasteiger partial charge in [0.2, 0.25) is 5.95 Å². The Morgan fingerprint density at radius 2 is 1.69 bits per heavy atom. The van der Waals surface area contributed by atoms with Gasteiger partial charge in [-0.05, 0) is 55.3 Å². The van der Waals surface area contributed by atoms with Crippen LogP contribution in [0.4, 0.5) is 20.5 Å². The van der Waals surface area contributed by atoms with Gasteiger partial charge in [-0.15, -0.1) is 10.2 Å². The van der Waals surface area contributed by atoms with Crippen LogP contribution in [0.1, 0.15) is 36.7 Å². The molecule has 0 bridgehead atoms. The standard InChI is InChI=1S/C26H28ClF2N7/c1-17-5-6-30-21(7-17)33-13-25(14-33)15-34(16-25)23-32-31-22-10-35(24(2)11-26(28,29)12-24)9-18-8-19(27)3-4-20(18)36(22)23/h3-8H,9-16H2,1-2H3. The number of fused-ring (bicyclic) bond motifs is 3. The van der Waals surface area contributed by atoms with Crippen molar-refractivity contribution in [1.82, 2.24) is 24.6 Å². The second kappa shape index (κ2) is 7.38. The number of rotatable bonds is 3. The first kappa shape index (κ1) is 22.4. The lowest BCUT2D eigenvalue weighted by Crippen LogP contribution is -2.73. The second-order valence-electron chi connectivity index (χ2n) is 11.5. The number of pyridine rings is 1. The summed E-state index contributed by atoms with van der Waals surface area (Å²) >= 11 is 6.37. The van der Waals surface area contributed by atoms with E-state index in [0.717, 1.165) is 55.0 Å². The van der Waals surface area contributed by atoms with Crippen LogP contribution in [0.3, 0.4) is 0 Å². The third-order valence-corrected chi connectivity index (χ3v) is 8.58. The van der Waals surface area contributed by atoms with Crippen molar-refractivity contribution in [2.75, 3.05) is 36.0 Å². The van der Waals surface area contributed by atoms with Crippen molar-refractivity contribution in [3.05, 3.63) is 58.5 Å². The molecule has 5 heterocycles. The highest BCUT2D eigenvalue weighted by Crippen LogP contribution is 2.51. The van der Waals surface area contributed by atoms with Gasteiger partial charge < -0.3 is 9.80 Å². The van der Waals surface area contributed by atoms with Gasteiger partial charge in [-0.2, -0.15) is 0 Å². The molecule has 10 heteroatoms. The number of hydrogen-bond acceptors (Lipinski definition) is 6. The van der Waals surface area contributed by atoms with Crippen LogP contribution in [0.5, 0.6) is 0 Å². The minimum absolute atomic E-state index is 0.141. The van der Waals surface area contributed by atoms with Crippen LogP contribution in [0, 0.1) is 12.3 Å². The first-order chi connectivity index (χ1) is 17.1. The summed E-state index contributed by atoms with van der Waals surface area (Å²) in [7, 11) is 0. The molecule has 0 unspecified atom stereocenters. The van der Waals surface area contributed by atoms with Crippen molar-refractivity contribution in [2.24, 2.45) is 5.41 Å². The Hall–Kier alpha value is -2.78. The van der Waals surface area contributed by atoms with E-state index < -0.39 is 11.5 Å². The van der Waals surface area contributed by atoms with E-state index in [0.29, 0.717) is 18.1 Å². The fourth-order valence-electron chi connectivity index (χ4n) is 6.58. The van der Waals surface area contributed by atoms with E-state index in [-0.39, 0.29) is 18.3 Å². The zero-order chi connectivity index (χ0) is 24.9. The van der Waals surface area contributed by atoms with Gasteiger partial charge >= 0.3 is 0 Å². The molecule has 0 N–H and O–H groups in total. The maximum Gasteiger partial charge on any atom is 0.251 e. The molecule has 4 aliphatic rings. The van der Waals surface area contributed by atoms with E-state index in [2.05, 4.69) is 47.4 Å². The predicted molar refractivity (Wildman–Crippen MR) is 134 cm³/mol. The normalized spacial score (nSPS) is 23.2. The molecule has 0 atom stereocenters. The Balaban J connectivity index is 1.15. The molecule has 2 aromatic heterocycles. The molecule has 1 aliphatic carbocycles. The lowest BCUT2D eigenvalue weighted by Gasteiger charge is -2.60. The summed E-state index contributed by atoms with van der Waals surface area (Å²) in [5.74, 6) is 0.0319. The molecule has 3 fully saturated rings. The lowest BCUT2D eigenvalue weighted by molar-refractivity contribution is -0.173. The SMILES string of the molecule is Cc1ccnc(N2CC3(C2)CN(c2nnc4n2-c2ccc(Cl)cc2CN(C2(C)CC(F)(F)C2)C4)C3)c1. The molecule has 0 amide bonds. The average molecular weight is 512 g/mol. The van der Waals surface area contributed by atoms with Crippen molar-refractivity contribution in [2.45, 2.75) is 51.2 Å². The van der Waals surface area contributed by atoms with Crippen LogP contribution in [0.25, 0.3) is 5.69 Å². The number of benzene rings is 1. The van der Waals surface area contributed by atoms with Crippen LogP contribution >= 0.6 is 11.6 Å².